The van der Waals surface area contributed by atoms with Crippen LogP contribution in [0.3, 0.4) is 0 Å². The van der Waals surface area contributed by atoms with Crippen molar-refractivity contribution in [3.63, 3.8) is 0 Å². The fraction of sp³-hybridized carbons (Fsp3) is 0.0571. The predicted molar refractivity (Wildman–Crippen MR) is 166 cm³/mol. The summed E-state index contributed by atoms with van der Waals surface area (Å²) in [7, 11) is -0.633. The SMILES string of the molecule is Fc1ccc([Si](Cn2ccnc2[B]C(c2ccccc2)c2ccccc2)(c2ccccc2)c2ccc(F)cc2)cc1. The molecule has 0 bridgehead atoms. The lowest BCUT2D eigenvalue weighted by Crippen LogP contribution is -2.70. The van der Waals surface area contributed by atoms with Crippen LogP contribution in [0.4, 0.5) is 8.78 Å². The van der Waals surface area contributed by atoms with Gasteiger partial charge in [0.05, 0.1) is 5.72 Å². The number of aromatic nitrogens is 2. The van der Waals surface area contributed by atoms with Gasteiger partial charge in [0.15, 0.2) is 8.07 Å². The summed E-state index contributed by atoms with van der Waals surface area (Å²) >= 11 is 0. The third-order valence-electron chi connectivity index (χ3n) is 7.73. The van der Waals surface area contributed by atoms with Crippen LogP contribution in [0, 0.1) is 11.6 Å². The fourth-order valence-corrected chi connectivity index (χ4v) is 10.2. The summed E-state index contributed by atoms with van der Waals surface area (Å²) in [6, 6.07) is 44.8. The van der Waals surface area contributed by atoms with Crippen molar-refractivity contribution in [2.75, 3.05) is 0 Å². The van der Waals surface area contributed by atoms with E-state index in [4.69, 9.17) is 4.98 Å². The molecule has 0 saturated carbocycles. The van der Waals surface area contributed by atoms with Crippen LogP contribution in [-0.4, -0.2) is 24.9 Å². The molecule has 1 aromatic heterocycles. The van der Waals surface area contributed by atoms with Gasteiger partial charge in [-0.25, -0.2) is 8.78 Å². The zero-order chi connectivity index (χ0) is 28.1. The van der Waals surface area contributed by atoms with E-state index >= 15 is 0 Å². The Bertz CT molecular complexity index is 1610. The van der Waals surface area contributed by atoms with Gasteiger partial charge in [-0.1, -0.05) is 115 Å². The highest BCUT2D eigenvalue weighted by Gasteiger charge is 2.40. The number of hydrogen-bond donors (Lipinski definition) is 0. The smallest absolute Gasteiger partial charge is 0.215 e. The molecule has 2 nitrogen and oxygen atoms in total. The van der Waals surface area contributed by atoms with Gasteiger partial charge in [-0.2, -0.15) is 0 Å². The van der Waals surface area contributed by atoms with Gasteiger partial charge < -0.3 is 4.57 Å². The molecule has 0 unspecified atom stereocenters. The third-order valence-corrected chi connectivity index (χ3v) is 12.5. The van der Waals surface area contributed by atoms with Crippen LogP contribution >= 0.6 is 0 Å². The van der Waals surface area contributed by atoms with Crippen molar-refractivity contribution in [1.29, 1.82) is 0 Å². The van der Waals surface area contributed by atoms with Gasteiger partial charge in [-0.15, -0.1) is 0 Å². The molecule has 41 heavy (non-hydrogen) atoms. The van der Waals surface area contributed by atoms with Crippen molar-refractivity contribution in [2.24, 2.45) is 0 Å². The van der Waals surface area contributed by atoms with Crippen LogP contribution in [-0.2, 0) is 6.17 Å². The molecule has 1 radical (unpaired) electrons. The molecule has 0 spiro atoms. The maximum absolute atomic E-state index is 14.2. The number of rotatable bonds is 9. The summed E-state index contributed by atoms with van der Waals surface area (Å²) in [6.45, 7) is 0. The molecule has 5 aromatic carbocycles. The summed E-state index contributed by atoms with van der Waals surface area (Å²) in [6.07, 6.45) is 4.45. The molecule has 0 saturated heterocycles. The Hall–Kier alpha value is -4.55. The van der Waals surface area contributed by atoms with E-state index in [0.717, 1.165) is 21.3 Å². The number of nitrogens with zero attached hydrogens (tertiary/aromatic N) is 2. The van der Waals surface area contributed by atoms with Crippen molar-refractivity contribution < 1.29 is 8.78 Å². The van der Waals surface area contributed by atoms with Crippen molar-refractivity contribution >= 4 is 36.6 Å². The highest BCUT2D eigenvalue weighted by Crippen LogP contribution is 2.23. The van der Waals surface area contributed by atoms with Crippen LogP contribution in [0.5, 0.6) is 0 Å². The first-order valence-corrected chi connectivity index (χ1v) is 15.9. The predicted octanol–water partition coefficient (Wildman–Crippen LogP) is 4.99. The molecule has 0 aliphatic heterocycles. The van der Waals surface area contributed by atoms with Gasteiger partial charge in [-0.3, -0.25) is 4.98 Å². The molecular formula is C35H28BF2N2Si. The summed E-state index contributed by atoms with van der Waals surface area (Å²) in [5.74, 6) is -0.564. The summed E-state index contributed by atoms with van der Waals surface area (Å²) < 4.78 is 30.6. The topological polar surface area (TPSA) is 17.8 Å². The molecule has 1 heterocycles. The minimum absolute atomic E-state index is 0.00276. The Labute approximate surface area is 241 Å². The first-order valence-electron chi connectivity index (χ1n) is 13.7. The second-order valence-electron chi connectivity index (χ2n) is 10.2. The van der Waals surface area contributed by atoms with E-state index in [1.807, 2.05) is 67.0 Å². The largest absolute Gasteiger partial charge is 0.345 e. The Balaban J connectivity index is 1.49. The van der Waals surface area contributed by atoms with Crippen molar-refractivity contribution in [3.05, 3.63) is 175 Å². The lowest BCUT2D eigenvalue weighted by atomic mass is 9.58. The first kappa shape index (κ1) is 26.7. The monoisotopic (exact) mass is 553 g/mol. The van der Waals surface area contributed by atoms with Gasteiger partial charge in [0.25, 0.3) is 0 Å². The standard InChI is InChI=1S/C35H28BF2N2Si/c37-29-16-20-32(21-17-29)41(31-14-8-3-9-15-31,33-22-18-30(38)19-23-33)26-40-25-24-39-35(40)36-34(27-10-4-1-5-11-27)28-12-6-2-7-13-28/h1-25,34H,26H2. The minimum atomic E-state index is -2.85. The second-order valence-corrected chi connectivity index (χ2v) is 14.0. The number of benzene rings is 5. The molecule has 6 rings (SSSR count). The molecular weight excluding hydrogens is 525 g/mol. The molecule has 0 fully saturated rings. The first-order chi connectivity index (χ1) is 20.1. The van der Waals surface area contributed by atoms with E-state index in [1.165, 1.54) is 35.4 Å². The average Bonchev–Trinajstić information content (AvgIpc) is 3.47. The van der Waals surface area contributed by atoms with Crippen molar-refractivity contribution in [2.45, 2.75) is 12.0 Å². The molecule has 0 aliphatic rings. The zero-order valence-electron chi connectivity index (χ0n) is 22.4. The van der Waals surface area contributed by atoms with E-state index in [9.17, 15) is 8.78 Å². The minimum Gasteiger partial charge on any atom is -0.345 e. The third kappa shape index (κ3) is 5.56. The molecule has 0 aliphatic carbocycles. The number of imidazole rings is 1. The molecule has 6 heteroatoms. The lowest BCUT2D eigenvalue weighted by molar-refractivity contribution is 0.628. The van der Waals surface area contributed by atoms with Gasteiger partial charge in [0.1, 0.15) is 11.6 Å². The molecule has 6 aromatic rings. The quantitative estimate of drug-likeness (QED) is 0.182. The highest BCUT2D eigenvalue weighted by atomic mass is 28.3. The van der Waals surface area contributed by atoms with Gasteiger partial charge >= 0.3 is 0 Å². The maximum Gasteiger partial charge on any atom is 0.215 e. The lowest BCUT2D eigenvalue weighted by Gasteiger charge is -2.35. The summed E-state index contributed by atoms with van der Waals surface area (Å²) in [5.41, 5.74) is 3.20. The van der Waals surface area contributed by atoms with Gasteiger partial charge in [-0.05, 0) is 56.8 Å². The van der Waals surface area contributed by atoms with Crippen LogP contribution in [0.25, 0.3) is 0 Å². The van der Waals surface area contributed by atoms with Gasteiger partial charge in [0, 0.05) is 18.6 Å². The van der Waals surface area contributed by atoms with Crippen LogP contribution in [0.2, 0.25) is 0 Å². The van der Waals surface area contributed by atoms with Crippen LogP contribution in [0.15, 0.2) is 152 Å². The van der Waals surface area contributed by atoms with E-state index < -0.39 is 8.07 Å². The number of halogens is 2. The average molecular weight is 554 g/mol. The molecule has 0 N–H and O–H groups in total. The maximum atomic E-state index is 14.2. The normalized spacial score (nSPS) is 11.5. The summed E-state index contributed by atoms with van der Waals surface area (Å²) in [4.78, 5) is 4.81. The Kier molecular flexibility index (Phi) is 7.74. The van der Waals surface area contributed by atoms with E-state index in [-0.39, 0.29) is 17.5 Å². The molecule has 0 amide bonds. The Morgan fingerprint density at radius 1 is 0.585 bits per heavy atom. The number of hydrogen-bond acceptors (Lipinski definition) is 1. The molecule has 0 atom stereocenters. The van der Waals surface area contributed by atoms with Crippen molar-refractivity contribution in [1.82, 2.24) is 9.55 Å². The zero-order valence-corrected chi connectivity index (χ0v) is 23.4. The van der Waals surface area contributed by atoms with E-state index in [0.29, 0.717) is 6.17 Å². The van der Waals surface area contributed by atoms with Crippen LogP contribution in [0.1, 0.15) is 16.9 Å². The van der Waals surface area contributed by atoms with Crippen LogP contribution < -0.4 is 21.3 Å². The van der Waals surface area contributed by atoms with Gasteiger partial charge in [0.2, 0.25) is 7.28 Å². The highest BCUT2D eigenvalue weighted by molar-refractivity contribution is 7.10. The fourth-order valence-electron chi connectivity index (χ4n) is 5.69. The Morgan fingerprint density at radius 3 is 1.51 bits per heavy atom. The summed E-state index contributed by atoms with van der Waals surface area (Å²) in [5, 5.41) is 3.23. The Morgan fingerprint density at radius 2 is 1.02 bits per heavy atom. The van der Waals surface area contributed by atoms with E-state index in [1.54, 1.807) is 0 Å². The van der Waals surface area contributed by atoms with E-state index in [2.05, 4.69) is 72.5 Å². The second kappa shape index (κ2) is 11.9. The molecule has 199 valence electrons. The van der Waals surface area contributed by atoms with Crippen molar-refractivity contribution in [3.8, 4) is 0 Å².